The van der Waals surface area contributed by atoms with Gasteiger partial charge in [-0.2, -0.15) is 11.8 Å². The summed E-state index contributed by atoms with van der Waals surface area (Å²) in [6.45, 7) is 8.46. The van der Waals surface area contributed by atoms with Gasteiger partial charge in [0.1, 0.15) is 0 Å². The molecule has 1 aliphatic heterocycles. The molecule has 2 aliphatic rings. The lowest BCUT2D eigenvalue weighted by molar-refractivity contribution is 0.0612. The van der Waals surface area contributed by atoms with Crippen molar-refractivity contribution >= 4 is 11.8 Å². The largest absolute Gasteiger partial charge is 0.311 e. The fourth-order valence-electron chi connectivity index (χ4n) is 2.65. The van der Waals surface area contributed by atoms with Crippen molar-refractivity contribution in [2.24, 2.45) is 5.92 Å². The van der Waals surface area contributed by atoms with E-state index >= 15 is 0 Å². The van der Waals surface area contributed by atoms with E-state index in [0.717, 1.165) is 18.5 Å². The highest BCUT2D eigenvalue weighted by Crippen LogP contribution is 2.35. The summed E-state index contributed by atoms with van der Waals surface area (Å²) in [6.07, 6.45) is 6.45. The summed E-state index contributed by atoms with van der Waals surface area (Å²) in [7, 11) is 0. The number of rotatable bonds is 5. The van der Waals surface area contributed by atoms with E-state index in [0.29, 0.717) is 5.54 Å². The van der Waals surface area contributed by atoms with Crippen molar-refractivity contribution in [3.63, 3.8) is 0 Å². The first kappa shape index (κ1) is 12.7. The monoisotopic (exact) mass is 242 g/mol. The van der Waals surface area contributed by atoms with Crippen LogP contribution in [0.3, 0.4) is 0 Å². The van der Waals surface area contributed by atoms with Gasteiger partial charge in [0.05, 0.1) is 0 Å². The number of piperazine rings is 1. The fraction of sp³-hybridized carbons (Fsp3) is 1.00. The Morgan fingerprint density at radius 3 is 2.75 bits per heavy atom. The van der Waals surface area contributed by atoms with Gasteiger partial charge in [0.15, 0.2) is 0 Å². The maximum Gasteiger partial charge on any atom is 0.0278 e. The second-order valence-electron chi connectivity index (χ2n) is 5.93. The van der Waals surface area contributed by atoms with E-state index in [1.165, 1.54) is 38.1 Å². The van der Waals surface area contributed by atoms with E-state index < -0.39 is 0 Å². The van der Waals surface area contributed by atoms with E-state index in [4.69, 9.17) is 0 Å². The van der Waals surface area contributed by atoms with E-state index in [1.54, 1.807) is 0 Å². The van der Waals surface area contributed by atoms with Crippen LogP contribution in [0.5, 0.6) is 0 Å². The SMILES string of the molecule is CSCCCN1CC(C2CC2)NCC1(C)C. The lowest BCUT2D eigenvalue weighted by atomic mass is 9.95. The topological polar surface area (TPSA) is 15.3 Å². The molecule has 0 spiro atoms. The first-order chi connectivity index (χ1) is 7.63. The van der Waals surface area contributed by atoms with E-state index in [9.17, 15) is 0 Å². The standard InChI is InChI=1S/C13H26N2S/c1-13(2)10-14-12(11-5-6-11)9-15(13)7-4-8-16-3/h11-12,14H,4-10H2,1-3H3. The predicted octanol–water partition coefficient (Wildman–Crippen LogP) is 2.20. The van der Waals surface area contributed by atoms with Gasteiger partial charge in [0.2, 0.25) is 0 Å². The van der Waals surface area contributed by atoms with E-state index in [1.807, 2.05) is 11.8 Å². The average molecular weight is 242 g/mol. The zero-order valence-corrected chi connectivity index (χ0v) is 11.8. The van der Waals surface area contributed by atoms with Gasteiger partial charge >= 0.3 is 0 Å². The molecule has 0 aromatic heterocycles. The second-order valence-corrected chi connectivity index (χ2v) is 6.92. The minimum absolute atomic E-state index is 0.351. The molecule has 2 rings (SSSR count). The number of hydrogen-bond donors (Lipinski definition) is 1. The number of thioether (sulfide) groups is 1. The van der Waals surface area contributed by atoms with Crippen molar-refractivity contribution in [2.45, 2.75) is 44.7 Å². The molecule has 1 atom stereocenters. The molecule has 0 amide bonds. The van der Waals surface area contributed by atoms with E-state index in [-0.39, 0.29) is 0 Å². The highest BCUT2D eigenvalue weighted by atomic mass is 32.2. The summed E-state index contributed by atoms with van der Waals surface area (Å²) in [5.74, 6) is 2.29. The summed E-state index contributed by atoms with van der Waals surface area (Å²) in [5.41, 5.74) is 0.351. The molecular formula is C13H26N2S. The molecule has 1 N–H and O–H groups in total. The molecule has 0 aromatic rings. The molecule has 1 unspecified atom stereocenters. The Labute approximate surface area is 105 Å². The lowest BCUT2D eigenvalue weighted by Gasteiger charge is -2.46. The molecule has 0 aromatic carbocycles. The zero-order valence-electron chi connectivity index (χ0n) is 11.0. The first-order valence-corrected chi connectivity index (χ1v) is 8.00. The Hall–Kier alpha value is 0.270. The van der Waals surface area contributed by atoms with Crippen LogP contribution in [0, 0.1) is 5.92 Å². The Morgan fingerprint density at radius 2 is 2.12 bits per heavy atom. The molecule has 3 heteroatoms. The van der Waals surface area contributed by atoms with E-state index in [2.05, 4.69) is 30.3 Å². The summed E-state index contributed by atoms with van der Waals surface area (Å²) >= 11 is 1.97. The molecule has 2 fully saturated rings. The van der Waals surface area contributed by atoms with Crippen LogP contribution in [-0.4, -0.2) is 48.1 Å². The molecule has 1 saturated heterocycles. The van der Waals surface area contributed by atoms with Gasteiger partial charge in [-0.3, -0.25) is 4.90 Å². The third-order valence-corrected chi connectivity index (χ3v) is 4.73. The Bertz CT molecular complexity index is 226. The van der Waals surface area contributed by atoms with Crippen molar-refractivity contribution in [1.82, 2.24) is 10.2 Å². The number of hydrogen-bond acceptors (Lipinski definition) is 3. The van der Waals surface area contributed by atoms with Crippen molar-refractivity contribution in [3.8, 4) is 0 Å². The molecular weight excluding hydrogens is 216 g/mol. The van der Waals surface area contributed by atoms with Gasteiger partial charge in [-0.1, -0.05) is 0 Å². The minimum Gasteiger partial charge on any atom is -0.311 e. The smallest absolute Gasteiger partial charge is 0.0278 e. The summed E-state index contributed by atoms with van der Waals surface area (Å²) in [5, 5.41) is 3.74. The maximum absolute atomic E-state index is 3.74. The number of nitrogens with one attached hydrogen (secondary N) is 1. The van der Waals surface area contributed by atoms with Gasteiger partial charge < -0.3 is 5.32 Å². The van der Waals surface area contributed by atoms with Crippen molar-refractivity contribution < 1.29 is 0 Å². The van der Waals surface area contributed by atoms with Crippen LogP contribution in [0.2, 0.25) is 0 Å². The van der Waals surface area contributed by atoms with Gasteiger partial charge in [-0.05, 0) is 57.6 Å². The molecule has 16 heavy (non-hydrogen) atoms. The number of nitrogens with zero attached hydrogens (tertiary/aromatic N) is 1. The van der Waals surface area contributed by atoms with Crippen molar-refractivity contribution in [1.29, 1.82) is 0 Å². The molecule has 0 bridgehead atoms. The summed E-state index contributed by atoms with van der Waals surface area (Å²) in [6, 6.07) is 0.780. The van der Waals surface area contributed by atoms with Crippen molar-refractivity contribution in [2.75, 3.05) is 31.6 Å². The first-order valence-electron chi connectivity index (χ1n) is 6.61. The summed E-state index contributed by atoms with van der Waals surface area (Å²) in [4.78, 5) is 2.71. The van der Waals surface area contributed by atoms with Crippen molar-refractivity contribution in [3.05, 3.63) is 0 Å². The highest BCUT2D eigenvalue weighted by molar-refractivity contribution is 7.98. The molecule has 1 aliphatic carbocycles. The van der Waals surface area contributed by atoms with Crippen LogP contribution in [0.25, 0.3) is 0 Å². The normalized spacial score (nSPS) is 30.6. The highest BCUT2D eigenvalue weighted by Gasteiger charge is 2.39. The Kier molecular flexibility index (Phi) is 4.20. The Morgan fingerprint density at radius 1 is 1.38 bits per heavy atom. The zero-order chi connectivity index (χ0) is 11.6. The minimum atomic E-state index is 0.351. The van der Waals surface area contributed by atoms with Crippen LogP contribution in [-0.2, 0) is 0 Å². The quantitative estimate of drug-likeness (QED) is 0.744. The third-order valence-electron chi connectivity index (χ3n) is 4.04. The molecule has 0 radical (unpaired) electrons. The summed E-state index contributed by atoms with van der Waals surface area (Å²) < 4.78 is 0. The molecule has 94 valence electrons. The van der Waals surface area contributed by atoms with Gasteiger partial charge in [0.25, 0.3) is 0 Å². The molecule has 1 saturated carbocycles. The van der Waals surface area contributed by atoms with Gasteiger partial charge in [0, 0.05) is 24.7 Å². The fourth-order valence-corrected chi connectivity index (χ4v) is 3.07. The maximum atomic E-state index is 3.74. The van der Waals surface area contributed by atoms with Crippen LogP contribution in [0.4, 0.5) is 0 Å². The van der Waals surface area contributed by atoms with Crippen LogP contribution >= 0.6 is 11.8 Å². The van der Waals surface area contributed by atoms with Gasteiger partial charge in [-0.15, -0.1) is 0 Å². The lowest BCUT2D eigenvalue weighted by Crippen LogP contribution is -2.62. The Balaban J connectivity index is 1.84. The predicted molar refractivity (Wildman–Crippen MR) is 73.2 cm³/mol. The van der Waals surface area contributed by atoms with Crippen LogP contribution < -0.4 is 5.32 Å². The van der Waals surface area contributed by atoms with Crippen LogP contribution in [0.15, 0.2) is 0 Å². The second kappa shape index (κ2) is 5.28. The third kappa shape index (κ3) is 3.14. The van der Waals surface area contributed by atoms with Crippen LogP contribution in [0.1, 0.15) is 33.1 Å². The van der Waals surface area contributed by atoms with Gasteiger partial charge in [-0.25, -0.2) is 0 Å². The molecule has 2 nitrogen and oxygen atoms in total. The average Bonchev–Trinajstić information content (AvgIpc) is 3.04. The molecule has 1 heterocycles.